The van der Waals surface area contributed by atoms with Gasteiger partial charge in [-0.05, 0) is 163 Å². The first-order chi connectivity index (χ1) is 33.6. The summed E-state index contributed by atoms with van der Waals surface area (Å²) in [7, 11) is 0. The zero-order chi connectivity index (χ0) is 45.7. The van der Waals surface area contributed by atoms with E-state index in [2.05, 4.69) is 289 Å². The van der Waals surface area contributed by atoms with E-state index in [0.29, 0.717) is 0 Å². The highest BCUT2D eigenvalue weighted by Crippen LogP contribution is 2.43. The summed E-state index contributed by atoms with van der Waals surface area (Å²) in [5.41, 5.74) is 15.9. The molecular formula is C63H47N3S2. The minimum Gasteiger partial charge on any atom is -0.311 e. The second kappa shape index (κ2) is 19.3. The van der Waals surface area contributed by atoms with Crippen molar-refractivity contribution in [1.82, 2.24) is 0 Å². The van der Waals surface area contributed by atoms with E-state index in [9.17, 15) is 0 Å². The van der Waals surface area contributed by atoms with Gasteiger partial charge in [-0.15, -0.1) is 22.7 Å². The van der Waals surface area contributed by atoms with E-state index in [4.69, 9.17) is 0 Å². The molecule has 0 radical (unpaired) electrons. The number of hydrogen-bond acceptors (Lipinski definition) is 5. The SMILES string of the molecule is Cc1ccc(N(c2ccc(-c3ccc(-c4ccccc4)s3)cc2)c2ccc(N(c3ccc(-c4ccc(-c5ccccc5)s4)cc3)c3ccc(N(c4ccccc4)c4ccccc4)cc3)cc2)cc1. The Morgan fingerprint density at radius 3 is 0.691 bits per heavy atom. The molecule has 0 aliphatic rings. The summed E-state index contributed by atoms with van der Waals surface area (Å²) in [6.45, 7) is 2.14. The molecule has 0 aliphatic carbocycles. The minimum absolute atomic E-state index is 1.06. The minimum atomic E-state index is 1.06. The second-order valence-corrected chi connectivity index (χ2v) is 18.9. The molecule has 68 heavy (non-hydrogen) atoms. The standard InChI is InChI=1S/C63H47N3S2/c1-46-22-28-53(29-23-46)65(54-30-24-49(25-31-54)62-44-42-60(67-62)47-14-6-2-7-15-47)57-38-40-59(41-39-57)66(55-32-26-50(27-33-55)63-45-43-61(68-63)48-16-8-3-9-17-48)58-36-34-56(35-37-58)64(51-18-10-4-11-19-51)52-20-12-5-13-21-52/h2-45H,1H3. The highest BCUT2D eigenvalue weighted by molar-refractivity contribution is 7.19. The van der Waals surface area contributed by atoms with Crippen molar-refractivity contribution in [2.45, 2.75) is 6.92 Å². The van der Waals surface area contributed by atoms with Crippen LogP contribution in [0.2, 0.25) is 0 Å². The zero-order valence-corrected chi connectivity index (χ0v) is 39.2. The molecular weight excluding hydrogens is 863 g/mol. The number of hydrogen-bond donors (Lipinski definition) is 0. The molecule has 0 unspecified atom stereocenters. The van der Waals surface area contributed by atoms with Gasteiger partial charge in [-0.1, -0.05) is 139 Å². The normalized spacial score (nSPS) is 11.0. The monoisotopic (exact) mass is 909 g/mol. The fourth-order valence-electron chi connectivity index (χ4n) is 8.74. The first kappa shape index (κ1) is 42.4. The molecule has 0 bridgehead atoms. The lowest BCUT2D eigenvalue weighted by Gasteiger charge is -2.29. The molecule has 0 saturated heterocycles. The number of benzene rings is 9. The maximum absolute atomic E-state index is 2.35. The lowest BCUT2D eigenvalue weighted by molar-refractivity contribution is 1.24. The molecule has 2 aromatic heterocycles. The molecule has 5 heteroatoms. The molecule has 11 rings (SSSR count). The fraction of sp³-hybridized carbons (Fsp3) is 0.0159. The van der Waals surface area contributed by atoms with Crippen LogP contribution in [0.1, 0.15) is 5.56 Å². The number of nitrogens with zero attached hydrogens (tertiary/aromatic N) is 3. The van der Waals surface area contributed by atoms with Crippen LogP contribution in [-0.2, 0) is 0 Å². The summed E-state index contributed by atoms with van der Waals surface area (Å²) < 4.78 is 0. The Balaban J connectivity index is 0.948. The summed E-state index contributed by atoms with van der Waals surface area (Å²) in [5, 5.41) is 0. The molecule has 0 fully saturated rings. The third-order valence-electron chi connectivity index (χ3n) is 12.2. The van der Waals surface area contributed by atoms with Crippen molar-refractivity contribution in [3.63, 3.8) is 0 Å². The van der Waals surface area contributed by atoms with Crippen LogP contribution in [0.4, 0.5) is 51.2 Å². The number of rotatable bonds is 13. The van der Waals surface area contributed by atoms with Crippen molar-refractivity contribution in [3.05, 3.63) is 272 Å². The van der Waals surface area contributed by atoms with Crippen molar-refractivity contribution in [2.75, 3.05) is 14.7 Å². The van der Waals surface area contributed by atoms with E-state index < -0.39 is 0 Å². The third kappa shape index (κ3) is 9.01. The Morgan fingerprint density at radius 2 is 0.412 bits per heavy atom. The van der Waals surface area contributed by atoms with Crippen molar-refractivity contribution in [2.24, 2.45) is 0 Å². The first-order valence-corrected chi connectivity index (χ1v) is 24.5. The van der Waals surface area contributed by atoms with Crippen LogP contribution < -0.4 is 14.7 Å². The molecule has 0 amide bonds. The van der Waals surface area contributed by atoms with Crippen LogP contribution in [-0.4, -0.2) is 0 Å². The van der Waals surface area contributed by atoms with Gasteiger partial charge in [0.1, 0.15) is 0 Å². The molecule has 3 nitrogen and oxygen atoms in total. The summed E-state index contributed by atoms with van der Waals surface area (Å²) in [4.78, 5) is 12.0. The Labute approximate surface area is 407 Å². The predicted octanol–water partition coefficient (Wildman–Crippen LogP) is 19.2. The van der Waals surface area contributed by atoms with Gasteiger partial charge in [0.25, 0.3) is 0 Å². The Hall–Kier alpha value is -8.22. The van der Waals surface area contributed by atoms with Crippen molar-refractivity contribution in [3.8, 4) is 41.8 Å². The topological polar surface area (TPSA) is 9.72 Å². The number of para-hydroxylation sites is 2. The van der Waals surface area contributed by atoms with Gasteiger partial charge in [-0.3, -0.25) is 0 Å². The molecule has 326 valence electrons. The van der Waals surface area contributed by atoms with Crippen LogP contribution in [0.25, 0.3) is 41.8 Å². The first-order valence-electron chi connectivity index (χ1n) is 22.9. The number of aryl methyl sites for hydroxylation is 1. The zero-order valence-electron chi connectivity index (χ0n) is 37.6. The Morgan fingerprint density at radius 1 is 0.206 bits per heavy atom. The van der Waals surface area contributed by atoms with Crippen LogP contribution in [0.5, 0.6) is 0 Å². The van der Waals surface area contributed by atoms with Gasteiger partial charge in [-0.2, -0.15) is 0 Å². The molecule has 0 spiro atoms. The molecule has 0 atom stereocenters. The number of thiophene rings is 2. The summed E-state index contributed by atoms with van der Waals surface area (Å²) in [6, 6.07) is 96.0. The average molecular weight is 910 g/mol. The molecule has 11 aromatic rings. The van der Waals surface area contributed by atoms with E-state index in [1.54, 1.807) is 0 Å². The van der Waals surface area contributed by atoms with Crippen LogP contribution in [0.3, 0.4) is 0 Å². The van der Waals surface area contributed by atoms with Gasteiger partial charge in [0.05, 0.1) is 0 Å². The van der Waals surface area contributed by atoms with Gasteiger partial charge in [0, 0.05) is 70.7 Å². The number of anilines is 9. The lowest BCUT2D eigenvalue weighted by Crippen LogP contribution is -2.13. The summed E-state index contributed by atoms with van der Waals surface area (Å²) in [6.07, 6.45) is 0. The van der Waals surface area contributed by atoms with Crippen molar-refractivity contribution < 1.29 is 0 Å². The maximum Gasteiger partial charge on any atom is 0.0463 e. The van der Waals surface area contributed by atoms with E-state index in [0.717, 1.165) is 51.2 Å². The summed E-state index contributed by atoms with van der Waals surface area (Å²) in [5.74, 6) is 0. The third-order valence-corrected chi connectivity index (χ3v) is 14.6. The van der Waals surface area contributed by atoms with E-state index >= 15 is 0 Å². The van der Waals surface area contributed by atoms with Crippen LogP contribution >= 0.6 is 22.7 Å². The predicted molar refractivity (Wildman–Crippen MR) is 293 cm³/mol. The van der Waals surface area contributed by atoms with Gasteiger partial charge in [0.15, 0.2) is 0 Å². The van der Waals surface area contributed by atoms with Gasteiger partial charge < -0.3 is 14.7 Å². The van der Waals surface area contributed by atoms with Gasteiger partial charge in [0.2, 0.25) is 0 Å². The van der Waals surface area contributed by atoms with Crippen LogP contribution in [0, 0.1) is 6.92 Å². The average Bonchev–Trinajstić information content (AvgIpc) is 4.12. The lowest BCUT2D eigenvalue weighted by atomic mass is 10.1. The highest BCUT2D eigenvalue weighted by atomic mass is 32.1. The van der Waals surface area contributed by atoms with Gasteiger partial charge >= 0.3 is 0 Å². The highest BCUT2D eigenvalue weighted by Gasteiger charge is 2.19. The molecule has 0 N–H and O–H groups in total. The van der Waals surface area contributed by atoms with E-state index in [1.165, 1.54) is 47.3 Å². The van der Waals surface area contributed by atoms with Crippen LogP contribution in [0.15, 0.2) is 267 Å². The molecule has 0 aliphatic heterocycles. The van der Waals surface area contributed by atoms with Crippen molar-refractivity contribution >= 4 is 73.9 Å². The molecule has 2 heterocycles. The fourth-order valence-corrected chi connectivity index (χ4v) is 10.8. The molecule has 0 saturated carbocycles. The molecule has 9 aromatic carbocycles. The van der Waals surface area contributed by atoms with Crippen molar-refractivity contribution in [1.29, 1.82) is 0 Å². The van der Waals surface area contributed by atoms with Gasteiger partial charge in [-0.25, -0.2) is 0 Å². The van der Waals surface area contributed by atoms with E-state index in [1.807, 2.05) is 22.7 Å². The smallest absolute Gasteiger partial charge is 0.0463 e. The Kier molecular flexibility index (Phi) is 12.1. The summed E-state index contributed by atoms with van der Waals surface area (Å²) >= 11 is 3.65. The Bertz CT molecular complexity index is 3310. The maximum atomic E-state index is 2.35. The largest absolute Gasteiger partial charge is 0.311 e. The quantitative estimate of drug-likeness (QED) is 0.114. The van der Waals surface area contributed by atoms with E-state index in [-0.39, 0.29) is 0 Å². The second-order valence-electron chi connectivity index (χ2n) is 16.7.